The molecule has 30 heavy (non-hydrogen) atoms. The highest BCUT2D eigenvalue weighted by molar-refractivity contribution is 5.80. The van der Waals surface area contributed by atoms with E-state index in [0.29, 0.717) is 12.2 Å². The number of benzene rings is 2. The first kappa shape index (κ1) is 21.7. The summed E-state index contributed by atoms with van der Waals surface area (Å²) in [6, 6.07) is 15.1. The van der Waals surface area contributed by atoms with Crippen molar-refractivity contribution in [1.82, 2.24) is 10.6 Å². The van der Waals surface area contributed by atoms with Crippen molar-refractivity contribution in [2.45, 2.75) is 25.5 Å². The van der Waals surface area contributed by atoms with Crippen LogP contribution in [0.25, 0.3) is 0 Å². The number of aliphatic imine (C=N–C) groups is 1. The van der Waals surface area contributed by atoms with Crippen molar-refractivity contribution >= 4 is 11.6 Å². The Labute approximate surface area is 175 Å². The minimum absolute atomic E-state index is 0.164. The van der Waals surface area contributed by atoms with Gasteiger partial charge in [-0.1, -0.05) is 24.3 Å². The van der Waals surface area contributed by atoms with E-state index in [0.717, 1.165) is 37.6 Å². The van der Waals surface area contributed by atoms with E-state index in [4.69, 9.17) is 4.74 Å². The lowest BCUT2D eigenvalue weighted by Crippen LogP contribution is -2.45. The number of hydrogen-bond donors (Lipinski definition) is 2. The molecule has 2 N–H and O–H groups in total. The summed E-state index contributed by atoms with van der Waals surface area (Å²) < 4.78 is 35.2. The summed E-state index contributed by atoms with van der Waals surface area (Å²) in [5, 5.41) is 6.75. The third kappa shape index (κ3) is 5.98. The van der Waals surface area contributed by atoms with Crippen LogP contribution in [0.2, 0.25) is 0 Å². The van der Waals surface area contributed by atoms with Gasteiger partial charge in [0, 0.05) is 32.7 Å². The van der Waals surface area contributed by atoms with Gasteiger partial charge in [0.2, 0.25) is 0 Å². The summed E-state index contributed by atoms with van der Waals surface area (Å²) in [6.07, 6.45) is 1.74. The van der Waals surface area contributed by atoms with Gasteiger partial charge in [-0.2, -0.15) is 8.78 Å². The third-order valence-corrected chi connectivity index (χ3v) is 5.04. The smallest absolute Gasteiger partial charge is 0.387 e. The molecule has 0 amide bonds. The normalized spacial score (nSPS) is 16.6. The molecule has 1 atom stereocenters. The van der Waals surface area contributed by atoms with Crippen LogP contribution in [0.5, 0.6) is 11.5 Å². The maximum absolute atomic E-state index is 12.7. The standard InChI is InChI=1S/C22H28F2N4O2/c1-25-22(26-13-11-16-7-9-18(29-2)10-8-16)27-17-12-14-28(15-17)19-5-3-4-6-20(19)30-21(23)24/h3-10,17,21H,11-15H2,1-2H3,(H2,25,26,27). The molecule has 1 aliphatic rings. The van der Waals surface area contributed by atoms with Gasteiger partial charge in [-0.15, -0.1) is 0 Å². The Morgan fingerprint density at radius 1 is 1.20 bits per heavy atom. The van der Waals surface area contributed by atoms with Crippen molar-refractivity contribution < 1.29 is 18.3 Å². The van der Waals surface area contributed by atoms with Crippen LogP contribution in [0.1, 0.15) is 12.0 Å². The Morgan fingerprint density at radius 2 is 1.97 bits per heavy atom. The number of nitrogens with zero attached hydrogens (tertiary/aromatic N) is 2. The first-order chi connectivity index (χ1) is 14.6. The second-order valence-corrected chi connectivity index (χ2v) is 7.02. The highest BCUT2D eigenvalue weighted by Crippen LogP contribution is 2.31. The zero-order chi connectivity index (χ0) is 21.3. The maximum Gasteiger partial charge on any atom is 0.387 e. The Balaban J connectivity index is 1.49. The molecular formula is C22H28F2N4O2. The van der Waals surface area contributed by atoms with E-state index in [-0.39, 0.29) is 11.8 Å². The zero-order valence-electron chi connectivity index (χ0n) is 17.3. The minimum Gasteiger partial charge on any atom is -0.497 e. The topological polar surface area (TPSA) is 58.1 Å². The molecule has 1 saturated heterocycles. The van der Waals surface area contributed by atoms with Gasteiger partial charge in [0.15, 0.2) is 5.96 Å². The van der Waals surface area contributed by atoms with Crippen molar-refractivity contribution in [1.29, 1.82) is 0 Å². The number of methoxy groups -OCH3 is 1. The number of rotatable bonds is 8. The average Bonchev–Trinajstić information content (AvgIpc) is 3.21. The maximum atomic E-state index is 12.7. The lowest BCUT2D eigenvalue weighted by atomic mass is 10.1. The molecule has 1 aliphatic heterocycles. The van der Waals surface area contributed by atoms with Crippen LogP contribution in [0, 0.1) is 0 Å². The SMILES string of the molecule is CN=C(NCCc1ccc(OC)cc1)NC1CCN(c2ccccc2OC(F)F)C1. The van der Waals surface area contributed by atoms with Gasteiger partial charge in [0.25, 0.3) is 0 Å². The fraction of sp³-hybridized carbons (Fsp3) is 0.409. The van der Waals surface area contributed by atoms with Gasteiger partial charge in [-0.25, -0.2) is 0 Å². The van der Waals surface area contributed by atoms with Crippen molar-refractivity contribution in [3.05, 3.63) is 54.1 Å². The van der Waals surface area contributed by atoms with Gasteiger partial charge in [0.05, 0.1) is 12.8 Å². The lowest BCUT2D eigenvalue weighted by molar-refractivity contribution is -0.0495. The fourth-order valence-electron chi connectivity index (χ4n) is 3.52. The summed E-state index contributed by atoms with van der Waals surface area (Å²) in [7, 11) is 3.39. The number of guanidine groups is 1. The predicted molar refractivity (Wildman–Crippen MR) is 115 cm³/mol. The molecule has 2 aromatic rings. The van der Waals surface area contributed by atoms with Crippen LogP contribution in [0.15, 0.2) is 53.5 Å². The molecule has 2 aromatic carbocycles. The third-order valence-electron chi connectivity index (χ3n) is 5.04. The number of para-hydroxylation sites is 2. The van der Waals surface area contributed by atoms with Crippen LogP contribution in [-0.4, -0.2) is 52.4 Å². The second-order valence-electron chi connectivity index (χ2n) is 7.02. The van der Waals surface area contributed by atoms with Crippen molar-refractivity contribution in [3.8, 4) is 11.5 Å². The Morgan fingerprint density at radius 3 is 2.67 bits per heavy atom. The van der Waals surface area contributed by atoms with Crippen LogP contribution in [0.4, 0.5) is 14.5 Å². The van der Waals surface area contributed by atoms with E-state index < -0.39 is 6.61 Å². The fourth-order valence-corrected chi connectivity index (χ4v) is 3.52. The molecule has 0 spiro atoms. The Kier molecular flexibility index (Phi) is 7.70. The van der Waals surface area contributed by atoms with E-state index in [1.54, 1.807) is 26.3 Å². The summed E-state index contributed by atoms with van der Waals surface area (Å²) >= 11 is 0. The van der Waals surface area contributed by atoms with E-state index >= 15 is 0 Å². The molecule has 3 rings (SSSR count). The van der Waals surface area contributed by atoms with Crippen LogP contribution >= 0.6 is 0 Å². The van der Waals surface area contributed by atoms with Crippen molar-refractivity contribution in [2.75, 3.05) is 38.7 Å². The van der Waals surface area contributed by atoms with E-state index in [1.807, 2.05) is 36.4 Å². The highest BCUT2D eigenvalue weighted by Gasteiger charge is 2.26. The average molecular weight is 418 g/mol. The molecule has 1 fully saturated rings. The quantitative estimate of drug-likeness (QED) is 0.509. The van der Waals surface area contributed by atoms with Crippen molar-refractivity contribution in [3.63, 3.8) is 0 Å². The number of halogens is 2. The molecule has 0 aliphatic carbocycles. The molecule has 0 aromatic heterocycles. The Bertz CT molecular complexity index is 830. The number of hydrogen-bond acceptors (Lipinski definition) is 4. The number of ether oxygens (including phenoxy) is 2. The molecule has 1 heterocycles. The molecule has 8 heteroatoms. The highest BCUT2D eigenvalue weighted by atomic mass is 19.3. The summed E-state index contributed by atoms with van der Waals surface area (Å²) in [5.74, 6) is 1.78. The first-order valence-electron chi connectivity index (χ1n) is 9.98. The zero-order valence-corrected chi connectivity index (χ0v) is 17.3. The molecule has 0 bridgehead atoms. The summed E-state index contributed by atoms with van der Waals surface area (Å²) in [5.41, 5.74) is 1.89. The van der Waals surface area contributed by atoms with E-state index in [2.05, 4.69) is 25.3 Å². The second kappa shape index (κ2) is 10.7. The van der Waals surface area contributed by atoms with Gasteiger partial charge in [-0.3, -0.25) is 4.99 Å². The summed E-state index contributed by atoms with van der Waals surface area (Å²) in [4.78, 5) is 6.35. The number of nitrogens with one attached hydrogen (secondary N) is 2. The molecule has 162 valence electrons. The Hall–Kier alpha value is -3.03. The van der Waals surface area contributed by atoms with Gasteiger partial charge in [0.1, 0.15) is 11.5 Å². The van der Waals surface area contributed by atoms with Crippen LogP contribution < -0.4 is 25.0 Å². The van der Waals surface area contributed by atoms with E-state index in [1.165, 1.54) is 5.56 Å². The largest absolute Gasteiger partial charge is 0.497 e. The number of alkyl halides is 2. The van der Waals surface area contributed by atoms with Crippen molar-refractivity contribution in [2.24, 2.45) is 4.99 Å². The molecule has 1 unspecified atom stereocenters. The van der Waals surface area contributed by atoms with Gasteiger partial charge in [-0.05, 0) is 42.7 Å². The monoisotopic (exact) mass is 418 g/mol. The van der Waals surface area contributed by atoms with Gasteiger partial charge >= 0.3 is 6.61 Å². The molecule has 0 saturated carbocycles. The van der Waals surface area contributed by atoms with Crippen LogP contribution in [-0.2, 0) is 6.42 Å². The first-order valence-corrected chi connectivity index (χ1v) is 9.98. The van der Waals surface area contributed by atoms with E-state index in [9.17, 15) is 8.78 Å². The molecule has 6 nitrogen and oxygen atoms in total. The lowest BCUT2D eigenvalue weighted by Gasteiger charge is -2.22. The summed E-state index contributed by atoms with van der Waals surface area (Å²) in [6.45, 7) is -0.656. The minimum atomic E-state index is -2.84. The van der Waals surface area contributed by atoms with Gasteiger partial charge < -0.3 is 25.0 Å². The molecular weight excluding hydrogens is 390 g/mol. The van der Waals surface area contributed by atoms with Crippen LogP contribution in [0.3, 0.4) is 0 Å². The molecule has 0 radical (unpaired) electrons. The predicted octanol–water partition coefficient (Wildman–Crippen LogP) is 3.28. The number of anilines is 1.